The summed E-state index contributed by atoms with van der Waals surface area (Å²) >= 11 is 0. The van der Waals surface area contributed by atoms with Crippen molar-refractivity contribution in [3.05, 3.63) is 71.3 Å². The van der Waals surface area contributed by atoms with Crippen molar-refractivity contribution in [1.82, 2.24) is 5.32 Å². The van der Waals surface area contributed by atoms with Crippen molar-refractivity contribution in [3.63, 3.8) is 0 Å². The first-order valence-corrected chi connectivity index (χ1v) is 7.66. The van der Waals surface area contributed by atoms with Crippen molar-refractivity contribution in [2.24, 2.45) is 0 Å². The van der Waals surface area contributed by atoms with Crippen LogP contribution in [-0.4, -0.2) is 13.2 Å². The summed E-state index contributed by atoms with van der Waals surface area (Å²) in [6.07, 6.45) is 1.19. The van der Waals surface area contributed by atoms with Gasteiger partial charge in [-0.05, 0) is 37.1 Å². The average molecular weight is 283 g/mol. The Morgan fingerprint density at radius 2 is 1.62 bits per heavy atom. The van der Waals surface area contributed by atoms with E-state index in [2.05, 4.69) is 55.6 Å². The van der Waals surface area contributed by atoms with Crippen LogP contribution in [0.1, 0.15) is 36.6 Å². The summed E-state index contributed by atoms with van der Waals surface area (Å²) in [6, 6.07) is 19.3. The monoisotopic (exact) mass is 283 g/mol. The van der Waals surface area contributed by atoms with Crippen LogP contribution < -0.4 is 5.32 Å². The third-order valence-corrected chi connectivity index (χ3v) is 3.88. The second-order valence-electron chi connectivity index (χ2n) is 5.36. The molecular formula is C19H25NO. The highest BCUT2D eigenvalue weighted by Crippen LogP contribution is 2.20. The molecule has 2 nitrogen and oxygen atoms in total. The molecule has 0 saturated heterocycles. The summed E-state index contributed by atoms with van der Waals surface area (Å²) in [4.78, 5) is 0. The summed E-state index contributed by atoms with van der Waals surface area (Å²) in [7, 11) is 1.99. The Bertz CT molecular complexity index is 521. The zero-order valence-corrected chi connectivity index (χ0v) is 13.2. The minimum atomic E-state index is 0.114. The van der Waals surface area contributed by atoms with E-state index in [1.54, 1.807) is 0 Å². The van der Waals surface area contributed by atoms with Gasteiger partial charge in [0.2, 0.25) is 0 Å². The Morgan fingerprint density at radius 1 is 0.952 bits per heavy atom. The lowest BCUT2D eigenvalue weighted by Crippen LogP contribution is -2.29. The number of likely N-dealkylation sites (N-methyl/N-ethyl adjacent to an activating group) is 1. The Morgan fingerprint density at radius 3 is 2.19 bits per heavy atom. The summed E-state index contributed by atoms with van der Waals surface area (Å²) in [5.41, 5.74) is 3.85. The van der Waals surface area contributed by atoms with Crippen LogP contribution in [0.25, 0.3) is 0 Å². The van der Waals surface area contributed by atoms with Crippen LogP contribution in [0.4, 0.5) is 0 Å². The van der Waals surface area contributed by atoms with Crippen molar-refractivity contribution in [2.75, 3.05) is 7.05 Å². The lowest BCUT2D eigenvalue weighted by molar-refractivity contribution is 0.0283. The van der Waals surface area contributed by atoms with E-state index in [-0.39, 0.29) is 12.1 Å². The fraction of sp³-hybridized carbons (Fsp3) is 0.368. The molecule has 0 radical (unpaired) electrons. The number of nitrogens with one attached hydrogen (secondary N) is 1. The van der Waals surface area contributed by atoms with Gasteiger partial charge in [-0.1, -0.05) is 61.5 Å². The summed E-state index contributed by atoms with van der Waals surface area (Å²) < 4.78 is 6.03. The quantitative estimate of drug-likeness (QED) is 0.825. The third-order valence-electron chi connectivity index (χ3n) is 3.88. The average Bonchev–Trinajstić information content (AvgIpc) is 2.55. The van der Waals surface area contributed by atoms with E-state index in [9.17, 15) is 0 Å². The van der Waals surface area contributed by atoms with Crippen LogP contribution in [0.5, 0.6) is 0 Å². The second kappa shape index (κ2) is 7.96. The van der Waals surface area contributed by atoms with Crippen molar-refractivity contribution >= 4 is 0 Å². The van der Waals surface area contributed by atoms with Crippen molar-refractivity contribution < 1.29 is 4.74 Å². The first-order chi connectivity index (χ1) is 10.2. The van der Waals surface area contributed by atoms with Crippen LogP contribution in [0.15, 0.2) is 54.6 Å². The van der Waals surface area contributed by atoms with Gasteiger partial charge in [-0.25, -0.2) is 0 Å². The smallest absolute Gasteiger partial charge is 0.0746 e. The number of hydrogen-bond acceptors (Lipinski definition) is 2. The lowest BCUT2D eigenvalue weighted by atomic mass is 10.0. The number of rotatable bonds is 7. The molecule has 1 N–H and O–H groups in total. The predicted octanol–water partition coefficient (Wildman–Crippen LogP) is 4.11. The first kappa shape index (κ1) is 15.7. The Labute approximate surface area is 128 Å². The van der Waals surface area contributed by atoms with Gasteiger partial charge in [0.15, 0.2) is 0 Å². The SMILES string of the molecule is CCc1ccc(C(NC)C(C)OCc2ccccc2)cc1. The van der Waals surface area contributed by atoms with Gasteiger partial charge in [0, 0.05) is 0 Å². The molecule has 0 bridgehead atoms. The van der Waals surface area contributed by atoms with Crippen molar-refractivity contribution in [1.29, 1.82) is 0 Å². The van der Waals surface area contributed by atoms with Gasteiger partial charge in [-0.15, -0.1) is 0 Å². The van der Waals surface area contributed by atoms with Crippen molar-refractivity contribution in [3.8, 4) is 0 Å². The molecule has 0 saturated carbocycles. The summed E-state index contributed by atoms with van der Waals surface area (Å²) in [6.45, 7) is 4.95. The highest BCUT2D eigenvalue weighted by atomic mass is 16.5. The predicted molar refractivity (Wildman–Crippen MR) is 88.3 cm³/mol. The maximum atomic E-state index is 6.03. The Kier molecular flexibility index (Phi) is 5.97. The zero-order chi connectivity index (χ0) is 15.1. The molecule has 0 aliphatic carbocycles. The van der Waals surface area contributed by atoms with Gasteiger partial charge < -0.3 is 10.1 Å². The Hall–Kier alpha value is -1.64. The Balaban J connectivity index is 1.98. The first-order valence-electron chi connectivity index (χ1n) is 7.66. The maximum Gasteiger partial charge on any atom is 0.0746 e. The molecule has 2 rings (SSSR count). The molecule has 0 aromatic heterocycles. The van der Waals surface area contributed by atoms with E-state index in [4.69, 9.17) is 4.74 Å². The van der Waals surface area contributed by atoms with E-state index in [0.717, 1.165) is 6.42 Å². The number of benzene rings is 2. The molecule has 0 heterocycles. The van der Waals surface area contributed by atoms with Gasteiger partial charge in [0.25, 0.3) is 0 Å². The van der Waals surface area contributed by atoms with Gasteiger partial charge in [0.05, 0.1) is 18.8 Å². The van der Waals surface area contributed by atoms with E-state index in [0.29, 0.717) is 6.61 Å². The molecule has 0 aliphatic heterocycles. The second-order valence-corrected chi connectivity index (χ2v) is 5.36. The molecule has 2 aromatic rings. The van der Waals surface area contributed by atoms with Gasteiger partial charge in [-0.3, -0.25) is 0 Å². The highest BCUT2D eigenvalue weighted by molar-refractivity contribution is 5.25. The minimum absolute atomic E-state index is 0.114. The van der Waals surface area contributed by atoms with E-state index < -0.39 is 0 Å². The van der Waals surface area contributed by atoms with E-state index >= 15 is 0 Å². The fourth-order valence-corrected chi connectivity index (χ4v) is 2.53. The summed E-state index contributed by atoms with van der Waals surface area (Å²) in [5, 5.41) is 3.37. The number of hydrogen-bond donors (Lipinski definition) is 1. The van der Waals surface area contributed by atoms with Crippen LogP contribution in [0.2, 0.25) is 0 Å². The van der Waals surface area contributed by atoms with Crippen LogP contribution in [0, 0.1) is 0 Å². The van der Waals surface area contributed by atoms with E-state index in [1.165, 1.54) is 16.7 Å². The third kappa shape index (κ3) is 4.42. The molecular weight excluding hydrogens is 258 g/mol. The minimum Gasteiger partial charge on any atom is -0.372 e. The molecule has 21 heavy (non-hydrogen) atoms. The van der Waals surface area contributed by atoms with Crippen LogP contribution >= 0.6 is 0 Å². The maximum absolute atomic E-state index is 6.03. The number of aryl methyl sites for hydroxylation is 1. The molecule has 0 amide bonds. The standard InChI is InChI=1S/C19H25NO/c1-4-16-10-12-18(13-11-16)19(20-3)15(2)21-14-17-8-6-5-7-9-17/h5-13,15,19-20H,4,14H2,1-3H3. The largest absolute Gasteiger partial charge is 0.372 e. The zero-order valence-electron chi connectivity index (χ0n) is 13.2. The van der Waals surface area contributed by atoms with Crippen molar-refractivity contribution in [2.45, 2.75) is 39.0 Å². The highest BCUT2D eigenvalue weighted by Gasteiger charge is 2.18. The summed E-state index contributed by atoms with van der Waals surface area (Å²) in [5.74, 6) is 0. The molecule has 2 heteroatoms. The van der Waals surface area contributed by atoms with Crippen LogP contribution in [0.3, 0.4) is 0 Å². The van der Waals surface area contributed by atoms with Crippen LogP contribution in [-0.2, 0) is 17.8 Å². The normalized spacial score (nSPS) is 13.9. The van der Waals surface area contributed by atoms with E-state index in [1.807, 2.05) is 25.2 Å². The molecule has 2 atom stereocenters. The number of ether oxygens (including phenoxy) is 1. The molecule has 2 unspecified atom stereocenters. The molecule has 0 fully saturated rings. The lowest BCUT2D eigenvalue weighted by Gasteiger charge is -2.24. The molecule has 2 aromatic carbocycles. The van der Waals surface area contributed by atoms with Gasteiger partial charge in [-0.2, -0.15) is 0 Å². The molecule has 0 spiro atoms. The van der Waals surface area contributed by atoms with Gasteiger partial charge >= 0.3 is 0 Å². The molecule has 112 valence electrons. The topological polar surface area (TPSA) is 21.3 Å². The van der Waals surface area contributed by atoms with Gasteiger partial charge in [0.1, 0.15) is 0 Å². The fourth-order valence-electron chi connectivity index (χ4n) is 2.53. The molecule has 0 aliphatic rings.